The zero-order valence-electron chi connectivity index (χ0n) is 21.5. The number of unbranched alkanes of at least 4 members (excludes halogenated alkanes) is 1. The van der Waals surface area contributed by atoms with E-state index in [0.717, 1.165) is 24.2 Å². The second-order valence-corrected chi connectivity index (χ2v) is 10.2. The number of ketones is 1. The molecule has 2 heterocycles. The van der Waals surface area contributed by atoms with Crippen molar-refractivity contribution in [3.05, 3.63) is 93.5 Å². The average Bonchev–Trinajstić information content (AvgIpc) is 3.44. The quantitative estimate of drug-likeness (QED) is 0.0771. The number of aromatic nitrogens is 1. The van der Waals surface area contributed by atoms with Gasteiger partial charge in [0, 0.05) is 10.6 Å². The summed E-state index contributed by atoms with van der Waals surface area (Å²) in [6.07, 6.45) is 3.36. The van der Waals surface area contributed by atoms with Crippen molar-refractivity contribution in [1.82, 2.24) is 4.98 Å². The summed E-state index contributed by atoms with van der Waals surface area (Å²) >= 11 is 7.02. The zero-order chi connectivity index (χ0) is 28.1. The molecule has 1 aliphatic rings. The molecule has 1 aromatic heterocycles. The van der Waals surface area contributed by atoms with E-state index < -0.39 is 23.7 Å². The number of rotatable bonds is 10. The minimum Gasteiger partial charge on any atom is -0.507 e. The number of aliphatic hydroxyl groups excluding tert-OH is 1. The first kappa shape index (κ1) is 28.1. The summed E-state index contributed by atoms with van der Waals surface area (Å²) in [6, 6.07) is 12.2. The van der Waals surface area contributed by atoms with Gasteiger partial charge in [-0.05, 0) is 55.3 Å². The van der Waals surface area contributed by atoms with Gasteiger partial charge in [-0.15, -0.1) is 0 Å². The molecule has 10 heteroatoms. The van der Waals surface area contributed by atoms with Crippen molar-refractivity contribution in [3.63, 3.8) is 0 Å². The monoisotopic (exact) mass is 566 g/mol. The molecule has 1 aliphatic heterocycles. The summed E-state index contributed by atoms with van der Waals surface area (Å²) in [5.74, 6) is -2.08. The Bertz CT molecular complexity index is 1430. The zero-order valence-corrected chi connectivity index (χ0v) is 23.1. The van der Waals surface area contributed by atoms with Crippen LogP contribution in [0.2, 0.25) is 5.02 Å². The number of anilines is 1. The number of carbonyl (C=O) groups is 3. The number of amides is 1. The largest absolute Gasteiger partial charge is 0.507 e. The molecule has 4 rings (SSSR count). The SMILES string of the molecule is C=CCOC(=O)c1sc(N2C(=O)C(=O)C(=C(O)c3ccc(OCCCC)cc3)C2c2ccc(Cl)cc2)nc1C. The Morgan fingerprint density at radius 3 is 2.51 bits per heavy atom. The Balaban J connectivity index is 1.79. The fourth-order valence-corrected chi connectivity index (χ4v) is 5.18. The van der Waals surface area contributed by atoms with E-state index in [9.17, 15) is 19.5 Å². The molecular formula is C29H27ClN2O6S. The fraction of sp³-hybridized carbons (Fsp3) is 0.241. The highest BCUT2D eigenvalue weighted by molar-refractivity contribution is 7.17. The van der Waals surface area contributed by atoms with Crippen molar-refractivity contribution in [3.8, 4) is 5.75 Å². The van der Waals surface area contributed by atoms with Crippen molar-refractivity contribution in [2.45, 2.75) is 32.7 Å². The van der Waals surface area contributed by atoms with Crippen LogP contribution in [-0.2, 0) is 14.3 Å². The van der Waals surface area contributed by atoms with Gasteiger partial charge in [-0.2, -0.15) is 0 Å². The number of carbonyl (C=O) groups excluding carboxylic acids is 3. The van der Waals surface area contributed by atoms with Gasteiger partial charge in [-0.1, -0.05) is 61.1 Å². The second kappa shape index (κ2) is 12.3. The minimum atomic E-state index is -1.01. The van der Waals surface area contributed by atoms with Crippen LogP contribution in [0.25, 0.3) is 5.76 Å². The Hall–Kier alpha value is -3.95. The van der Waals surface area contributed by atoms with E-state index in [1.165, 1.54) is 11.0 Å². The van der Waals surface area contributed by atoms with Gasteiger partial charge in [0.05, 0.1) is 23.9 Å². The molecule has 2 aromatic carbocycles. The van der Waals surface area contributed by atoms with Gasteiger partial charge in [0.1, 0.15) is 23.0 Å². The molecule has 1 atom stereocenters. The minimum absolute atomic E-state index is 0.0171. The van der Waals surface area contributed by atoms with Crippen LogP contribution in [0.1, 0.15) is 52.3 Å². The maximum Gasteiger partial charge on any atom is 0.350 e. The van der Waals surface area contributed by atoms with E-state index in [4.69, 9.17) is 21.1 Å². The molecular weight excluding hydrogens is 540 g/mol. The van der Waals surface area contributed by atoms with E-state index in [-0.39, 0.29) is 27.9 Å². The van der Waals surface area contributed by atoms with Crippen molar-refractivity contribution in [2.24, 2.45) is 0 Å². The lowest BCUT2D eigenvalue weighted by atomic mass is 9.95. The molecule has 1 unspecified atom stereocenters. The topological polar surface area (TPSA) is 106 Å². The number of aliphatic hydroxyl groups is 1. The van der Waals surface area contributed by atoms with Crippen LogP contribution in [0, 0.1) is 6.92 Å². The van der Waals surface area contributed by atoms with Crippen LogP contribution in [0.15, 0.2) is 66.8 Å². The number of thiazole rings is 1. The first-order chi connectivity index (χ1) is 18.8. The molecule has 0 aliphatic carbocycles. The number of esters is 1. The summed E-state index contributed by atoms with van der Waals surface area (Å²) in [5.41, 5.74) is 1.12. The summed E-state index contributed by atoms with van der Waals surface area (Å²) in [7, 11) is 0. The number of ether oxygens (including phenoxy) is 2. The van der Waals surface area contributed by atoms with Crippen LogP contribution < -0.4 is 9.64 Å². The Morgan fingerprint density at radius 2 is 1.87 bits per heavy atom. The molecule has 1 N–H and O–H groups in total. The molecule has 0 spiro atoms. The molecule has 1 saturated heterocycles. The molecule has 3 aromatic rings. The van der Waals surface area contributed by atoms with Crippen molar-refractivity contribution in [1.29, 1.82) is 0 Å². The molecule has 1 amide bonds. The highest BCUT2D eigenvalue weighted by Crippen LogP contribution is 2.44. The molecule has 0 saturated carbocycles. The summed E-state index contributed by atoms with van der Waals surface area (Å²) in [5, 5.41) is 11.9. The number of Topliss-reactive ketones (excluding diaryl/α,β-unsaturated/α-hetero) is 1. The fourth-order valence-electron chi connectivity index (χ4n) is 4.06. The number of aryl methyl sites for hydroxylation is 1. The number of hydrogen-bond acceptors (Lipinski definition) is 8. The number of hydrogen-bond donors (Lipinski definition) is 1. The molecule has 1 fully saturated rings. The maximum absolute atomic E-state index is 13.4. The van der Waals surface area contributed by atoms with Crippen LogP contribution in [0.3, 0.4) is 0 Å². The first-order valence-corrected chi connectivity index (χ1v) is 13.5. The van der Waals surface area contributed by atoms with Crippen molar-refractivity contribution >= 4 is 51.5 Å². The summed E-state index contributed by atoms with van der Waals surface area (Å²) in [6.45, 7) is 7.80. The number of benzene rings is 2. The third kappa shape index (κ3) is 5.89. The molecule has 0 radical (unpaired) electrons. The summed E-state index contributed by atoms with van der Waals surface area (Å²) < 4.78 is 10.8. The number of nitrogens with zero attached hydrogens (tertiary/aromatic N) is 2. The van der Waals surface area contributed by atoms with Crippen LogP contribution >= 0.6 is 22.9 Å². The van der Waals surface area contributed by atoms with Gasteiger partial charge in [0.25, 0.3) is 5.78 Å². The maximum atomic E-state index is 13.4. The van der Waals surface area contributed by atoms with Gasteiger partial charge < -0.3 is 14.6 Å². The Morgan fingerprint density at radius 1 is 1.18 bits per heavy atom. The standard InChI is InChI=1S/C29H27ClN2O6S/c1-4-6-16-37-21-13-9-19(10-14-21)24(33)22-23(18-7-11-20(30)12-8-18)32(27(35)25(22)34)29-31-17(3)26(39-29)28(36)38-15-5-2/h5,7-14,23,33H,2,4,6,15-16H2,1,3H3. The molecule has 39 heavy (non-hydrogen) atoms. The highest BCUT2D eigenvalue weighted by atomic mass is 35.5. The second-order valence-electron chi connectivity index (χ2n) is 8.75. The van der Waals surface area contributed by atoms with Crippen LogP contribution in [0.4, 0.5) is 5.13 Å². The molecule has 8 nitrogen and oxygen atoms in total. The smallest absolute Gasteiger partial charge is 0.350 e. The summed E-state index contributed by atoms with van der Waals surface area (Å²) in [4.78, 5) is 45.1. The Kier molecular flexibility index (Phi) is 8.83. The third-order valence-corrected chi connectivity index (χ3v) is 7.42. The molecule has 202 valence electrons. The Labute approximate surface area is 235 Å². The lowest BCUT2D eigenvalue weighted by molar-refractivity contribution is -0.132. The lowest BCUT2D eigenvalue weighted by Crippen LogP contribution is -2.29. The van der Waals surface area contributed by atoms with Gasteiger partial charge in [-0.25, -0.2) is 9.78 Å². The van der Waals surface area contributed by atoms with Gasteiger partial charge in [0.15, 0.2) is 5.13 Å². The van der Waals surface area contributed by atoms with E-state index in [2.05, 4.69) is 18.5 Å². The number of halogens is 1. The highest BCUT2D eigenvalue weighted by Gasteiger charge is 2.48. The van der Waals surface area contributed by atoms with E-state index in [0.29, 0.717) is 34.2 Å². The van der Waals surface area contributed by atoms with E-state index in [1.807, 2.05) is 0 Å². The van der Waals surface area contributed by atoms with Gasteiger partial charge in [0.2, 0.25) is 0 Å². The van der Waals surface area contributed by atoms with Crippen molar-refractivity contribution in [2.75, 3.05) is 18.1 Å². The predicted octanol–water partition coefficient (Wildman–Crippen LogP) is 6.25. The predicted molar refractivity (Wildman–Crippen MR) is 150 cm³/mol. The average molecular weight is 567 g/mol. The normalized spacial score (nSPS) is 16.4. The lowest BCUT2D eigenvalue weighted by Gasteiger charge is -2.23. The van der Waals surface area contributed by atoms with Gasteiger partial charge >= 0.3 is 11.9 Å². The van der Waals surface area contributed by atoms with Crippen LogP contribution in [0.5, 0.6) is 5.75 Å². The van der Waals surface area contributed by atoms with Gasteiger partial charge in [-0.3, -0.25) is 14.5 Å². The van der Waals surface area contributed by atoms with Crippen molar-refractivity contribution < 1.29 is 29.0 Å². The van der Waals surface area contributed by atoms with Crippen LogP contribution in [-0.4, -0.2) is 41.0 Å². The first-order valence-electron chi connectivity index (χ1n) is 12.3. The third-order valence-electron chi connectivity index (χ3n) is 6.03. The van der Waals surface area contributed by atoms with E-state index in [1.54, 1.807) is 55.5 Å². The molecule has 0 bridgehead atoms. The van der Waals surface area contributed by atoms with E-state index >= 15 is 0 Å².